The highest BCUT2D eigenvalue weighted by Gasteiger charge is 2.59. The van der Waals surface area contributed by atoms with Crippen LogP contribution in [0.1, 0.15) is 24.3 Å². The maximum absolute atomic E-state index is 13.4. The largest absolute Gasteiger partial charge is 0.416 e. The second-order valence-electron chi connectivity index (χ2n) is 9.30. The number of thioether (sulfide) groups is 1. The van der Waals surface area contributed by atoms with Crippen molar-refractivity contribution in [1.82, 2.24) is 4.57 Å². The van der Waals surface area contributed by atoms with Crippen molar-refractivity contribution in [3.8, 4) is 0 Å². The number of halogens is 3. The van der Waals surface area contributed by atoms with E-state index in [1.807, 2.05) is 0 Å². The van der Waals surface area contributed by atoms with Crippen LogP contribution in [0.3, 0.4) is 0 Å². The number of nitrogens with zero attached hydrogens (tertiary/aromatic N) is 2. The lowest BCUT2D eigenvalue weighted by molar-refractivity contribution is -0.137. The topological polar surface area (TPSA) is 88.5 Å². The van der Waals surface area contributed by atoms with Crippen molar-refractivity contribution in [3.63, 3.8) is 0 Å². The van der Waals surface area contributed by atoms with Crippen LogP contribution in [0.4, 0.5) is 24.5 Å². The maximum Gasteiger partial charge on any atom is 0.416 e. The molecule has 0 radical (unpaired) electrons. The Morgan fingerprint density at radius 3 is 2.41 bits per heavy atom. The van der Waals surface area contributed by atoms with Gasteiger partial charge in [-0.1, -0.05) is 61.2 Å². The minimum Gasteiger partial charge on any atom is -0.325 e. The molecule has 5 rings (SSSR count). The van der Waals surface area contributed by atoms with Gasteiger partial charge in [0.2, 0.25) is 17.7 Å². The summed E-state index contributed by atoms with van der Waals surface area (Å²) < 4.78 is 40.3. The van der Waals surface area contributed by atoms with Crippen LogP contribution in [-0.4, -0.2) is 27.5 Å². The molecule has 2 aliphatic heterocycles. The second-order valence-corrected chi connectivity index (χ2v) is 11.4. The van der Waals surface area contributed by atoms with Crippen LogP contribution in [0.5, 0.6) is 0 Å². The Labute approximate surface area is 217 Å². The minimum absolute atomic E-state index is 0.0555. The molecule has 0 saturated carbocycles. The van der Waals surface area contributed by atoms with Gasteiger partial charge in [0, 0.05) is 16.0 Å². The summed E-state index contributed by atoms with van der Waals surface area (Å²) in [4.78, 5) is 53.7. The minimum atomic E-state index is -4.57. The van der Waals surface area contributed by atoms with Crippen molar-refractivity contribution in [1.29, 1.82) is 0 Å². The molecule has 0 aliphatic carbocycles. The van der Waals surface area contributed by atoms with Gasteiger partial charge in [0.1, 0.15) is 11.8 Å². The first-order chi connectivity index (χ1) is 17.4. The predicted octanol–water partition coefficient (Wildman–Crippen LogP) is 4.51. The molecule has 1 saturated heterocycles. The van der Waals surface area contributed by atoms with Crippen LogP contribution in [0.25, 0.3) is 0 Å². The Hall–Kier alpha value is -3.38. The quantitative estimate of drug-likeness (QED) is 0.486. The monoisotopic (exact) mass is 547 g/mol. The summed E-state index contributed by atoms with van der Waals surface area (Å²) in [5.74, 6) is -2.15. The number of carbonyl (C=O) groups is 3. The number of rotatable bonds is 4. The molecule has 2 aromatic carbocycles. The fraction of sp³-hybridized carbons (Fsp3) is 0.280. The van der Waals surface area contributed by atoms with E-state index in [1.165, 1.54) is 21.6 Å². The Kier molecular flexibility index (Phi) is 6.06. The molecule has 12 heteroatoms. The first-order valence-electron chi connectivity index (χ1n) is 11.2. The van der Waals surface area contributed by atoms with Crippen molar-refractivity contribution >= 4 is 52.2 Å². The average Bonchev–Trinajstić information content (AvgIpc) is 3.28. The number of hydrogen-bond acceptors (Lipinski definition) is 6. The summed E-state index contributed by atoms with van der Waals surface area (Å²) in [6, 6.07) is 12.8. The van der Waals surface area contributed by atoms with E-state index in [0.717, 1.165) is 35.2 Å². The Balaban J connectivity index is 1.44. The molecule has 1 N–H and O–H groups in total. The number of para-hydroxylation sites is 1. The lowest BCUT2D eigenvalue weighted by Crippen LogP contribution is -2.41. The van der Waals surface area contributed by atoms with E-state index in [-0.39, 0.29) is 11.6 Å². The van der Waals surface area contributed by atoms with Crippen LogP contribution in [0, 0.1) is 5.92 Å². The highest BCUT2D eigenvalue weighted by Crippen LogP contribution is 2.54. The van der Waals surface area contributed by atoms with E-state index in [2.05, 4.69) is 5.32 Å². The van der Waals surface area contributed by atoms with Crippen molar-refractivity contribution in [2.24, 2.45) is 5.92 Å². The van der Waals surface area contributed by atoms with Gasteiger partial charge in [0.15, 0.2) is 0 Å². The smallest absolute Gasteiger partial charge is 0.325 e. The molecule has 3 heterocycles. The lowest BCUT2D eigenvalue weighted by Gasteiger charge is -2.36. The van der Waals surface area contributed by atoms with Gasteiger partial charge in [-0.05, 0) is 30.3 Å². The van der Waals surface area contributed by atoms with E-state index in [1.54, 1.807) is 44.2 Å². The normalized spacial score (nSPS) is 20.5. The molecule has 3 amide bonds. The summed E-state index contributed by atoms with van der Waals surface area (Å²) >= 11 is 1.98. The number of hydrogen-bond donors (Lipinski definition) is 1. The summed E-state index contributed by atoms with van der Waals surface area (Å²) in [6.45, 7) is 3.14. The first kappa shape index (κ1) is 25.3. The molecule has 1 aromatic heterocycles. The molecule has 37 heavy (non-hydrogen) atoms. The Morgan fingerprint density at radius 2 is 1.73 bits per heavy atom. The number of anilines is 2. The van der Waals surface area contributed by atoms with Crippen LogP contribution in [0.15, 0.2) is 64.4 Å². The van der Waals surface area contributed by atoms with Crippen molar-refractivity contribution in [2.75, 3.05) is 10.2 Å². The number of nitrogens with one attached hydrogen (secondary N) is 1. The van der Waals surface area contributed by atoms with Gasteiger partial charge in [-0.25, -0.2) is 4.90 Å². The summed E-state index contributed by atoms with van der Waals surface area (Å²) in [6.07, 6.45) is -4.57. The zero-order chi connectivity index (χ0) is 26.7. The molecule has 7 nitrogen and oxygen atoms in total. The zero-order valence-corrected chi connectivity index (χ0v) is 21.2. The van der Waals surface area contributed by atoms with Gasteiger partial charge in [-0.3, -0.25) is 23.7 Å². The van der Waals surface area contributed by atoms with E-state index in [0.29, 0.717) is 15.6 Å². The van der Waals surface area contributed by atoms with Crippen LogP contribution >= 0.6 is 23.1 Å². The van der Waals surface area contributed by atoms with E-state index in [4.69, 9.17) is 0 Å². The van der Waals surface area contributed by atoms with E-state index in [9.17, 15) is 32.3 Å². The molecule has 1 fully saturated rings. The molecule has 2 aliphatic rings. The number of carbonyl (C=O) groups excluding carboxylic acids is 3. The third kappa shape index (κ3) is 4.27. The second kappa shape index (κ2) is 8.88. The fourth-order valence-electron chi connectivity index (χ4n) is 4.72. The lowest BCUT2D eigenvalue weighted by atomic mass is 9.76. The molecular formula is C25H20F3N3O4S2. The van der Waals surface area contributed by atoms with E-state index < -0.39 is 51.6 Å². The molecular weight excluding hydrogens is 527 g/mol. The molecule has 0 unspecified atom stereocenters. The standard InChI is InChI=1S/C25H20F3N3O4S2/c1-24(2)17-18(21(34)31(20(17)33)15-9-4-3-5-10-15)36-22-19(24)37-23(35)30(22)12-16(32)29-14-8-6-7-13(11-14)25(26,27)28/h3-11,17-18H,12H2,1-2H3,(H,29,32)/t17-,18+/m1/s1. The average molecular weight is 548 g/mol. The summed E-state index contributed by atoms with van der Waals surface area (Å²) in [5, 5.41) is 2.03. The maximum atomic E-state index is 13.4. The number of alkyl halides is 3. The number of amides is 3. The molecule has 192 valence electrons. The molecule has 3 aromatic rings. The number of thiazole rings is 1. The van der Waals surface area contributed by atoms with Crippen LogP contribution in [0.2, 0.25) is 0 Å². The highest BCUT2D eigenvalue weighted by atomic mass is 32.2. The van der Waals surface area contributed by atoms with Gasteiger partial charge < -0.3 is 5.32 Å². The number of benzene rings is 2. The SMILES string of the molecule is CC1(C)c2sc(=O)n(CC(=O)Nc3cccc(C(F)(F)F)c3)c2S[C@@H]2C(=O)N(c3ccccc3)C(=O)[C@@H]21. The van der Waals surface area contributed by atoms with Crippen LogP contribution < -0.4 is 15.1 Å². The third-order valence-corrected chi connectivity index (χ3v) is 9.32. The van der Waals surface area contributed by atoms with Crippen molar-refractivity contribution < 1.29 is 27.6 Å². The molecule has 0 bridgehead atoms. The molecule has 2 atom stereocenters. The zero-order valence-electron chi connectivity index (χ0n) is 19.5. The van der Waals surface area contributed by atoms with E-state index >= 15 is 0 Å². The van der Waals surface area contributed by atoms with Crippen molar-refractivity contribution in [3.05, 3.63) is 74.7 Å². The van der Waals surface area contributed by atoms with Crippen molar-refractivity contribution in [2.45, 2.75) is 42.3 Å². The van der Waals surface area contributed by atoms with Gasteiger partial charge in [0.05, 0.1) is 22.2 Å². The molecule has 0 spiro atoms. The van der Waals surface area contributed by atoms with Gasteiger partial charge >= 0.3 is 11.0 Å². The number of aromatic nitrogens is 1. The van der Waals surface area contributed by atoms with Gasteiger partial charge in [-0.2, -0.15) is 13.2 Å². The van der Waals surface area contributed by atoms with Gasteiger partial charge in [-0.15, -0.1) is 0 Å². The number of fused-ring (bicyclic) bond motifs is 2. The van der Waals surface area contributed by atoms with Gasteiger partial charge in [0.25, 0.3) is 0 Å². The third-order valence-electron chi connectivity index (χ3n) is 6.49. The summed E-state index contributed by atoms with van der Waals surface area (Å²) in [5.41, 5.74) is -1.37. The van der Waals surface area contributed by atoms with Crippen LogP contribution in [-0.2, 0) is 32.5 Å². The number of imide groups is 1. The first-order valence-corrected chi connectivity index (χ1v) is 12.9. The fourth-order valence-corrected chi connectivity index (χ4v) is 7.75. The summed E-state index contributed by atoms with van der Waals surface area (Å²) in [7, 11) is 0. The Bertz CT molecular complexity index is 1480. The predicted molar refractivity (Wildman–Crippen MR) is 134 cm³/mol. The highest BCUT2D eigenvalue weighted by molar-refractivity contribution is 8.00. The Morgan fingerprint density at radius 1 is 1.03 bits per heavy atom.